The van der Waals surface area contributed by atoms with E-state index in [0.29, 0.717) is 3.97 Å². The summed E-state index contributed by atoms with van der Waals surface area (Å²) in [4.78, 5) is 3.63. The summed E-state index contributed by atoms with van der Waals surface area (Å²) in [6, 6.07) is 0. The van der Waals surface area contributed by atoms with E-state index in [9.17, 15) is 21.6 Å². The first kappa shape index (κ1) is 12.4. The fourth-order valence-corrected chi connectivity index (χ4v) is 2.08. The molecule has 0 bridgehead atoms. The first-order valence-electron chi connectivity index (χ1n) is 4.77. The third kappa shape index (κ3) is 2.29. The SMILES string of the molecule is NS(=O)(=O)n1cnc(CC2(C(F)(F)F)CC2)c1. The first-order valence-corrected chi connectivity index (χ1v) is 6.27. The van der Waals surface area contributed by atoms with E-state index < -0.39 is 21.8 Å². The van der Waals surface area contributed by atoms with E-state index in [2.05, 4.69) is 4.98 Å². The lowest BCUT2D eigenvalue weighted by molar-refractivity contribution is -0.186. The minimum Gasteiger partial charge on any atom is -0.241 e. The summed E-state index contributed by atoms with van der Waals surface area (Å²) in [5, 5.41) is 4.81. The summed E-state index contributed by atoms with van der Waals surface area (Å²) in [5.74, 6) is 0. The molecular formula is C8H10F3N3O2S. The predicted octanol–water partition coefficient (Wildman–Crippen LogP) is 0.820. The average Bonchev–Trinajstić information content (AvgIpc) is 2.73. The van der Waals surface area contributed by atoms with Crippen molar-refractivity contribution in [3.8, 4) is 0 Å². The zero-order valence-electron chi connectivity index (χ0n) is 8.61. The molecule has 17 heavy (non-hydrogen) atoms. The van der Waals surface area contributed by atoms with Crippen molar-refractivity contribution in [2.24, 2.45) is 10.6 Å². The van der Waals surface area contributed by atoms with Crippen LogP contribution < -0.4 is 5.14 Å². The first-order chi connectivity index (χ1) is 7.64. The van der Waals surface area contributed by atoms with Crippen LogP contribution in [0.1, 0.15) is 18.5 Å². The maximum absolute atomic E-state index is 12.6. The zero-order valence-corrected chi connectivity index (χ0v) is 9.42. The summed E-state index contributed by atoms with van der Waals surface area (Å²) in [6.07, 6.45) is -2.56. The molecule has 1 heterocycles. The van der Waals surface area contributed by atoms with Crippen LogP contribution in [0.5, 0.6) is 0 Å². The third-order valence-electron chi connectivity index (χ3n) is 2.88. The van der Waals surface area contributed by atoms with E-state index in [1.165, 1.54) is 0 Å². The third-order valence-corrected chi connectivity index (χ3v) is 3.67. The Bertz CT molecular complexity index is 530. The Morgan fingerprint density at radius 3 is 2.41 bits per heavy atom. The summed E-state index contributed by atoms with van der Waals surface area (Å²) in [7, 11) is -3.98. The van der Waals surface area contributed by atoms with Gasteiger partial charge in [0.1, 0.15) is 6.33 Å². The molecule has 5 nitrogen and oxygen atoms in total. The summed E-state index contributed by atoms with van der Waals surface area (Å²) < 4.78 is 60.3. The maximum atomic E-state index is 12.6. The van der Waals surface area contributed by atoms with Crippen molar-refractivity contribution in [1.29, 1.82) is 0 Å². The van der Waals surface area contributed by atoms with Crippen molar-refractivity contribution >= 4 is 10.2 Å². The Balaban J connectivity index is 2.19. The van der Waals surface area contributed by atoms with Gasteiger partial charge in [0.25, 0.3) is 0 Å². The second-order valence-electron chi connectivity index (χ2n) is 4.19. The highest BCUT2D eigenvalue weighted by atomic mass is 32.2. The average molecular weight is 269 g/mol. The van der Waals surface area contributed by atoms with Crippen LogP contribution in [0.2, 0.25) is 0 Å². The van der Waals surface area contributed by atoms with Crippen molar-refractivity contribution in [3.05, 3.63) is 18.2 Å². The molecule has 0 atom stereocenters. The second-order valence-corrected chi connectivity index (χ2v) is 5.65. The van der Waals surface area contributed by atoms with Gasteiger partial charge in [0, 0.05) is 12.6 Å². The van der Waals surface area contributed by atoms with Crippen molar-refractivity contribution in [1.82, 2.24) is 8.96 Å². The summed E-state index contributed by atoms with van der Waals surface area (Å²) >= 11 is 0. The van der Waals surface area contributed by atoms with Crippen molar-refractivity contribution in [2.45, 2.75) is 25.4 Å². The van der Waals surface area contributed by atoms with Crippen LogP contribution in [0.4, 0.5) is 13.2 Å². The lowest BCUT2D eigenvalue weighted by Crippen LogP contribution is -2.26. The molecule has 1 saturated carbocycles. The highest BCUT2D eigenvalue weighted by molar-refractivity contribution is 7.87. The number of nitrogens with zero attached hydrogens (tertiary/aromatic N) is 2. The van der Waals surface area contributed by atoms with Gasteiger partial charge in [-0.15, -0.1) is 0 Å². The number of aromatic nitrogens is 2. The second kappa shape index (κ2) is 3.45. The quantitative estimate of drug-likeness (QED) is 0.882. The molecule has 1 aliphatic carbocycles. The van der Waals surface area contributed by atoms with Crippen molar-refractivity contribution in [3.63, 3.8) is 0 Å². The van der Waals surface area contributed by atoms with Crippen LogP contribution in [0.15, 0.2) is 12.5 Å². The molecule has 0 aliphatic heterocycles. The van der Waals surface area contributed by atoms with Gasteiger partial charge < -0.3 is 0 Å². The Labute approximate surface area is 95.6 Å². The standard InChI is InChI=1S/C8H10F3N3O2S/c9-8(10,11)7(1-2-7)3-6-4-14(5-13-6)17(12,15)16/h4-5H,1-3H2,(H2,12,15,16). The number of rotatable bonds is 3. The van der Waals surface area contributed by atoms with E-state index in [0.717, 1.165) is 12.5 Å². The van der Waals surface area contributed by atoms with Gasteiger partial charge in [-0.25, -0.2) is 14.1 Å². The van der Waals surface area contributed by atoms with E-state index in [-0.39, 0.29) is 25.0 Å². The van der Waals surface area contributed by atoms with Crippen LogP contribution >= 0.6 is 0 Å². The van der Waals surface area contributed by atoms with Crippen LogP contribution in [0, 0.1) is 5.41 Å². The molecule has 2 rings (SSSR count). The molecule has 0 unspecified atom stereocenters. The Hall–Kier alpha value is -1.09. The largest absolute Gasteiger partial charge is 0.394 e. The van der Waals surface area contributed by atoms with Gasteiger partial charge in [0.05, 0.1) is 11.1 Å². The topological polar surface area (TPSA) is 78.0 Å². The molecule has 1 fully saturated rings. The number of hydrogen-bond acceptors (Lipinski definition) is 3. The number of nitrogens with two attached hydrogens (primary N) is 1. The van der Waals surface area contributed by atoms with Crippen LogP contribution in [0.25, 0.3) is 0 Å². The minimum atomic E-state index is -4.28. The van der Waals surface area contributed by atoms with Crippen LogP contribution in [-0.2, 0) is 16.6 Å². The molecule has 0 radical (unpaired) electrons. The fraction of sp³-hybridized carbons (Fsp3) is 0.625. The van der Waals surface area contributed by atoms with Crippen LogP contribution in [-0.4, -0.2) is 23.6 Å². The molecule has 0 saturated heterocycles. The lowest BCUT2D eigenvalue weighted by Gasteiger charge is -2.17. The smallest absolute Gasteiger partial charge is 0.241 e. The maximum Gasteiger partial charge on any atom is 0.394 e. The van der Waals surface area contributed by atoms with E-state index in [1.807, 2.05) is 0 Å². The van der Waals surface area contributed by atoms with E-state index in [4.69, 9.17) is 5.14 Å². The van der Waals surface area contributed by atoms with E-state index >= 15 is 0 Å². The van der Waals surface area contributed by atoms with E-state index in [1.54, 1.807) is 0 Å². The molecule has 9 heteroatoms. The number of halogens is 3. The molecule has 0 amide bonds. The summed E-state index contributed by atoms with van der Waals surface area (Å²) in [6.45, 7) is 0. The molecule has 1 aliphatic rings. The number of alkyl halides is 3. The van der Waals surface area contributed by atoms with Crippen LogP contribution in [0.3, 0.4) is 0 Å². The Kier molecular flexibility index (Phi) is 2.51. The molecular weight excluding hydrogens is 259 g/mol. The van der Waals surface area contributed by atoms with Gasteiger partial charge in [0.2, 0.25) is 0 Å². The number of imidazole rings is 1. The molecule has 1 aromatic rings. The van der Waals surface area contributed by atoms with Gasteiger partial charge in [-0.05, 0) is 12.8 Å². The highest BCUT2D eigenvalue weighted by Gasteiger charge is 2.63. The molecule has 1 aromatic heterocycles. The van der Waals surface area contributed by atoms with Gasteiger partial charge in [-0.2, -0.15) is 21.6 Å². The normalized spacial score (nSPS) is 19.3. The molecule has 0 aromatic carbocycles. The number of hydrogen-bond donors (Lipinski definition) is 1. The lowest BCUT2D eigenvalue weighted by atomic mass is 10.0. The van der Waals surface area contributed by atoms with Crippen molar-refractivity contribution < 1.29 is 21.6 Å². The zero-order chi connectivity index (χ0) is 12.9. The summed E-state index contributed by atoms with van der Waals surface area (Å²) in [5.41, 5.74) is -1.65. The molecule has 96 valence electrons. The van der Waals surface area contributed by atoms with Gasteiger partial charge in [-0.3, -0.25) is 0 Å². The molecule has 0 spiro atoms. The van der Waals surface area contributed by atoms with Gasteiger partial charge >= 0.3 is 16.4 Å². The minimum absolute atomic E-state index is 0.0543. The Morgan fingerprint density at radius 2 is 2.06 bits per heavy atom. The predicted molar refractivity (Wildman–Crippen MR) is 52.2 cm³/mol. The highest BCUT2D eigenvalue weighted by Crippen LogP contribution is 2.59. The van der Waals surface area contributed by atoms with Crippen molar-refractivity contribution in [2.75, 3.05) is 0 Å². The Morgan fingerprint density at radius 1 is 1.47 bits per heavy atom. The monoisotopic (exact) mass is 269 g/mol. The van der Waals surface area contributed by atoms with Gasteiger partial charge in [0.15, 0.2) is 0 Å². The molecule has 2 N–H and O–H groups in total. The van der Waals surface area contributed by atoms with Gasteiger partial charge in [-0.1, -0.05) is 0 Å². The fourth-order valence-electron chi connectivity index (χ4n) is 1.63.